The van der Waals surface area contributed by atoms with Gasteiger partial charge in [-0.3, -0.25) is 14.4 Å². The zero-order valence-corrected chi connectivity index (χ0v) is 24.1. The van der Waals surface area contributed by atoms with Crippen LogP contribution < -0.4 is 11.1 Å². The van der Waals surface area contributed by atoms with Gasteiger partial charge in [0.05, 0.1) is 0 Å². The number of hydrogen-bond acceptors (Lipinski definition) is 14. The number of anilines is 1. The van der Waals surface area contributed by atoms with Crippen molar-refractivity contribution in [3.8, 4) is 0 Å². The Morgan fingerprint density at radius 1 is 1.32 bits per heavy atom. The summed E-state index contributed by atoms with van der Waals surface area (Å²) in [6, 6.07) is 10.2. The first-order valence-corrected chi connectivity index (χ1v) is 15.4. The number of nitrogens with zero attached hydrogens (tertiary/aromatic N) is 6. The maximum absolute atomic E-state index is 13.3. The SMILES string of the molecule is CON=C(C(=O)NC1C(=O)N2CC(CSc3nncs3)(C(=O)O)CS[C@H]12)c1nc(N)cc(Sc2ccccc2)n1. The van der Waals surface area contributed by atoms with E-state index in [2.05, 4.69) is 30.6 Å². The Kier molecular flexibility index (Phi) is 8.43. The first kappa shape index (κ1) is 28.1. The minimum absolute atomic E-state index is 0.0222. The average Bonchev–Trinajstić information content (AvgIpc) is 3.47. The number of rotatable bonds is 10. The number of amides is 2. The van der Waals surface area contributed by atoms with Gasteiger partial charge in [-0.1, -0.05) is 58.2 Å². The molecule has 2 aromatic heterocycles. The van der Waals surface area contributed by atoms with E-state index in [9.17, 15) is 19.5 Å². The summed E-state index contributed by atoms with van der Waals surface area (Å²) in [6.07, 6.45) is 0. The Hall–Kier alpha value is -3.41. The van der Waals surface area contributed by atoms with Gasteiger partial charge in [0.2, 0.25) is 11.6 Å². The van der Waals surface area contributed by atoms with Crippen LogP contribution in [0.2, 0.25) is 0 Å². The Balaban J connectivity index is 1.28. The zero-order valence-electron chi connectivity index (χ0n) is 20.8. The van der Waals surface area contributed by atoms with E-state index in [4.69, 9.17) is 10.6 Å². The third-order valence-electron chi connectivity index (χ3n) is 5.99. The first-order chi connectivity index (χ1) is 19.3. The molecule has 40 heavy (non-hydrogen) atoms. The van der Waals surface area contributed by atoms with Crippen LogP contribution >= 0.6 is 46.6 Å². The van der Waals surface area contributed by atoms with E-state index in [0.29, 0.717) is 9.37 Å². The molecule has 0 radical (unpaired) electrons. The number of aromatic nitrogens is 4. The lowest BCUT2D eigenvalue weighted by Crippen LogP contribution is -2.74. The summed E-state index contributed by atoms with van der Waals surface area (Å²) in [5.74, 6) is -1.54. The molecule has 2 aliphatic heterocycles. The van der Waals surface area contributed by atoms with Gasteiger partial charge in [-0.25, -0.2) is 9.97 Å². The summed E-state index contributed by atoms with van der Waals surface area (Å²) in [5.41, 5.74) is 6.16. The Labute approximate surface area is 244 Å². The van der Waals surface area contributed by atoms with Crippen molar-refractivity contribution in [2.45, 2.75) is 25.7 Å². The van der Waals surface area contributed by atoms with Crippen molar-refractivity contribution in [2.24, 2.45) is 10.6 Å². The Bertz CT molecular complexity index is 1440. The van der Waals surface area contributed by atoms with E-state index >= 15 is 0 Å². The predicted molar refractivity (Wildman–Crippen MR) is 151 cm³/mol. The third-order valence-corrected chi connectivity index (χ3v) is 10.7. The number of benzene rings is 1. The number of aliphatic carboxylic acids is 1. The molecule has 0 saturated carbocycles. The number of carboxylic acids is 1. The quantitative estimate of drug-likeness (QED) is 0.0980. The van der Waals surface area contributed by atoms with E-state index in [1.165, 1.54) is 58.6 Å². The van der Waals surface area contributed by atoms with E-state index < -0.39 is 28.7 Å². The normalized spacial score (nSPS) is 22.3. The van der Waals surface area contributed by atoms with Crippen LogP contribution in [-0.4, -0.2) is 90.2 Å². The molecule has 2 saturated heterocycles. The van der Waals surface area contributed by atoms with Gasteiger partial charge in [-0.15, -0.1) is 22.0 Å². The number of nitrogen functional groups attached to an aromatic ring is 1. The largest absolute Gasteiger partial charge is 0.481 e. The van der Waals surface area contributed by atoms with Gasteiger partial charge in [-0.2, -0.15) is 0 Å². The third kappa shape index (κ3) is 5.86. The van der Waals surface area contributed by atoms with Crippen molar-refractivity contribution < 1.29 is 24.3 Å². The molecule has 2 fully saturated rings. The van der Waals surface area contributed by atoms with Crippen molar-refractivity contribution >= 4 is 75.9 Å². The predicted octanol–water partition coefficient (Wildman–Crippen LogP) is 1.68. The number of carbonyl (C=O) groups excluding carboxylic acids is 2. The fourth-order valence-electron chi connectivity index (χ4n) is 4.03. The molecule has 17 heteroatoms. The van der Waals surface area contributed by atoms with Gasteiger partial charge in [0.25, 0.3) is 5.91 Å². The van der Waals surface area contributed by atoms with Gasteiger partial charge in [0.15, 0.2) is 10.2 Å². The maximum atomic E-state index is 13.3. The van der Waals surface area contributed by atoms with Crippen molar-refractivity contribution in [3.05, 3.63) is 47.7 Å². The van der Waals surface area contributed by atoms with Crippen LogP contribution in [0.3, 0.4) is 0 Å². The molecule has 5 rings (SSSR count). The molecule has 4 heterocycles. The highest BCUT2D eigenvalue weighted by Gasteiger charge is 2.57. The van der Waals surface area contributed by atoms with Gasteiger partial charge in [0, 0.05) is 29.0 Å². The number of nitrogens with two attached hydrogens (primary N) is 1. The standard InChI is InChI=1S/C23H22N8O5S4/c1-36-30-15(17-26-13(24)7-14(27-17)40-12-5-3-2-4-6-12)18(32)28-16-19(33)31-8-23(21(34)35,9-37-20(16)31)10-38-22-29-25-11-39-22/h2-7,11,16,20H,8-10H2,1H3,(H,28,32)(H,34,35)(H2,24,26,27)/t16?,20-,23?/m1/s1. The average molecular weight is 619 g/mol. The molecule has 13 nitrogen and oxygen atoms in total. The van der Waals surface area contributed by atoms with Crippen molar-refractivity contribution in [2.75, 3.05) is 30.9 Å². The number of hydrogen-bond donors (Lipinski definition) is 3. The molecule has 3 aromatic rings. The van der Waals surface area contributed by atoms with Crippen LogP contribution in [0, 0.1) is 5.41 Å². The van der Waals surface area contributed by atoms with Gasteiger partial charge >= 0.3 is 5.97 Å². The molecule has 1 aromatic carbocycles. The molecule has 208 valence electrons. The maximum Gasteiger partial charge on any atom is 0.313 e. The highest BCUT2D eigenvalue weighted by Crippen LogP contribution is 2.44. The molecule has 2 amide bonds. The van der Waals surface area contributed by atoms with Crippen molar-refractivity contribution in [1.82, 2.24) is 30.4 Å². The summed E-state index contributed by atoms with van der Waals surface area (Å²) >= 11 is 5.26. The highest BCUT2D eigenvalue weighted by atomic mass is 32.2. The number of β-lactam (4-membered cyclic amide) rings is 1. The van der Waals surface area contributed by atoms with E-state index in [0.717, 1.165) is 4.90 Å². The molecule has 4 N–H and O–H groups in total. The van der Waals surface area contributed by atoms with Crippen LogP contribution in [0.4, 0.5) is 5.82 Å². The van der Waals surface area contributed by atoms with Crippen LogP contribution in [0.5, 0.6) is 0 Å². The molecule has 2 aliphatic rings. The lowest BCUT2D eigenvalue weighted by Gasteiger charge is -2.53. The molecular formula is C23H22N8O5S4. The Morgan fingerprint density at radius 3 is 2.83 bits per heavy atom. The lowest BCUT2D eigenvalue weighted by molar-refractivity contribution is -0.157. The zero-order chi connectivity index (χ0) is 28.3. The van der Waals surface area contributed by atoms with E-state index in [-0.39, 0.29) is 41.3 Å². The molecule has 0 aliphatic carbocycles. The minimum atomic E-state index is -1.16. The van der Waals surface area contributed by atoms with Crippen LogP contribution in [0.1, 0.15) is 5.82 Å². The minimum Gasteiger partial charge on any atom is -0.481 e. The van der Waals surface area contributed by atoms with Gasteiger partial charge in [-0.05, 0) is 12.1 Å². The number of fused-ring (bicyclic) bond motifs is 1. The summed E-state index contributed by atoms with van der Waals surface area (Å²) in [6.45, 7) is 0.0222. The van der Waals surface area contributed by atoms with E-state index in [1.54, 1.807) is 11.6 Å². The van der Waals surface area contributed by atoms with Gasteiger partial charge in [0.1, 0.15) is 40.3 Å². The fourth-order valence-corrected chi connectivity index (χ4v) is 8.22. The molecule has 3 atom stereocenters. The number of carboxylic acid groups (broad SMARTS) is 1. The van der Waals surface area contributed by atoms with Crippen molar-refractivity contribution in [3.63, 3.8) is 0 Å². The Morgan fingerprint density at radius 2 is 2.12 bits per heavy atom. The number of carbonyl (C=O) groups is 3. The second-order valence-electron chi connectivity index (χ2n) is 8.69. The molecule has 0 bridgehead atoms. The topological polar surface area (TPSA) is 186 Å². The second-order valence-corrected chi connectivity index (χ2v) is 12.9. The number of nitrogens with one attached hydrogen (secondary N) is 1. The number of oxime groups is 1. The van der Waals surface area contributed by atoms with E-state index in [1.807, 2.05) is 30.3 Å². The highest BCUT2D eigenvalue weighted by molar-refractivity contribution is 8.01. The summed E-state index contributed by atoms with van der Waals surface area (Å²) in [7, 11) is 1.28. The monoisotopic (exact) mass is 618 g/mol. The number of thioether (sulfide) groups is 2. The second kappa shape index (κ2) is 12.0. The van der Waals surface area contributed by atoms with Crippen LogP contribution in [0.15, 0.2) is 61.3 Å². The summed E-state index contributed by atoms with van der Waals surface area (Å²) in [5, 5.41) is 24.3. The smallest absolute Gasteiger partial charge is 0.313 e. The fraction of sp³-hybridized carbons (Fsp3) is 0.304. The summed E-state index contributed by atoms with van der Waals surface area (Å²) < 4.78 is 0.659. The lowest BCUT2D eigenvalue weighted by atomic mass is 9.89. The van der Waals surface area contributed by atoms with Gasteiger partial charge < -0.3 is 25.9 Å². The van der Waals surface area contributed by atoms with Crippen molar-refractivity contribution in [1.29, 1.82) is 0 Å². The first-order valence-electron chi connectivity index (χ1n) is 11.6. The molecular weight excluding hydrogens is 597 g/mol. The van der Waals surface area contributed by atoms with Crippen LogP contribution in [0.25, 0.3) is 0 Å². The van der Waals surface area contributed by atoms with Crippen LogP contribution in [-0.2, 0) is 19.2 Å². The molecule has 2 unspecified atom stereocenters. The molecule has 0 spiro atoms. The summed E-state index contributed by atoms with van der Waals surface area (Å²) in [4.78, 5) is 54.4.